The molecule has 170 valence electrons. The molecule has 4 rings (SSSR count). The summed E-state index contributed by atoms with van der Waals surface area (Å²) in [6.07, 6.45) is 6.13. The van der Waals surface area contributed by atoms with E-state index in [0.29, 0.717) is 30.7 Å². The van der Waals surface area contributed by atoms with Crippen LogP contribution in [0.3, 0.4) is 0 Å². The van der Waals surface area contributed by atoms with Gasteiger partial charge in [-0.3, -0.25) is 14.6 Å². The number of alkyl halides is 3. The molecule has 32 heavy (non-hydrogen) atoms. The van der Waals surface area contributed by atoms with Crippen molar-refractivity contribution in [3.05, 3.63) is 59.3 Å². The Labute approximate surface area is 185 Å². The molecule has 1 unspecified atom stereocenters. The lowest BCUT2D eigenvalue weighted by molar-refractivity contribution is -0.137. The number of allylic oxidation sites excluding steroid dienone is 4. The maximum Gasteiger partial charge on any atom is 0.416 e. The van der Waals surface area contributed by atoms with Crippen molar-refractivity contribution in [3.63, 3.8) is 0 Å². The van der Waals surface area contributed by atoms with Gasteiger partial charge in [0.15, 0.2) is 0 Å². The van der Waals surface area contributed by atoms with Crippen molar-refractivity contribution in [1.29, 1.82) is 0 Å². The first-order valence-electron chi connectivity index (χ1n) is 10.9. The van der Waals surface area contributed by atoms with Gasteiger partial charge in [-0.05, 0) is 56.2 Å². The van der Waals surface area contributed by atoms with Gasteiger partial charge in [-0.15, -0.1) is 0 Å². The van der Waals surface area contributed by atoms with Gasteiger partial charge in [-0.25, -0.2) is 0 Å². The van der Waals surface area contributed by atoms with E-state index in [1.807, 2.05) is 12.2 Å². The van der Waals surface area contributed by atoms with E-state index in [2.05, 4.69) is 18.3 Å². The largest absolute Gasteiger partial charge is 0.416 e. The number of rotatable bonds is 4. The molecule has 1 saturated carbocycles. The van der Waals surface area contributed by atoms with E-state index in [9.17, 15) is 22.8 Å². The number of nitrogens with one attached hydrogen (secondary N) is 1. The Kier molecular flexibility index (Phi) is 5.97. The van der Waals surface area contributed by atoms with Crippen LogP contribution in [0.15, 0.2) is 53.2 Å². The average molecular weight is 445 g/mol. The molecule has 1 atom stereocenters. The standard InChI is InChI=1S/C24H26F3N3O2/c1-16-6-5-7-19(14-16)28-20(31)15-30-22(32)21(29-23(30)12-3-2-4-13-23)17-8-10-18(11-9-17)24(25,26)27/h5-11,16H,2-4,12-15H2,1H3,(H,28,31). The predicted molar refractivity (Wildman–Crippen MR) is 115 cm³/mol. The molecule has 1 heterocycles. The second-order valence-corrected chi connectivity index (χ2v) is 8.78. The highest BCUT2D eigenvalue weighted by Crippen LogP contribution is 2.40. The van der Waals surface area contributed by atoms with Gasteiger partial charge >= 0.3 is 6.18 Å². The van der Waals surface area contributed by atoms with Crippen molar-refractivity contribution < 1.29 is 22.8 Å². The summed E-state index contributed by atoms with van der Waals surface area (Å²) in [4.78, 5) is 32.3. The van der Waals surface area contributed by atoms with E-state index in [1.54, 1.807) is 0 Å². The molecule has 0 saturated heterocycles. The fourth-order valence-electron chi connectivity index (χ4n) is 4.66. The van der Waals surface area contributed by atoms with Crippen molar-refractivity contribution in [2.24, 2.45) is 10.9 Å². The molecule has 1 aliphatic heterocycles. The van der Waals surface area contributed by atoms with Crippen LogP contribution >= 0.6 is 0 Å². The summed E-state index contributed by atoms with van der Waals surface area (Å²) < 4.78 is 38.8. The summed E-state index contributed by atoms with van der Waals surface area (Å²) in [6.45, 7) is 1.92. The van der Waals surface area contributed by atoms with E-state index in [4.69, 9.17) is 4.99 Å². The summed E-state index contributed by atoms with van der Waals surface area (Å²) in [7, 11) is 0. The van der Waals surface area contributed by atoms with Gasteiger partial charge in [0.05, 0.1) is 5.56 Å². The van der Waals surface area contributed by atoms with Gasteiger partial charge in [0.1, 0.15) is 17.9 Å². The molecule has 1 N–H and O–H groups in total. The lowest BCUT2D eigenvalue weighted by Crippen LogP contribution is -2.52. The molecular weight excluding hydrogens is 419 g/mol. The summed E-state index contributed by atoms with van der Waals surface area (Å²) in [5, 5.41) is 2.90. The lowest BCUT2D eigenvalue weighted by atomic mass is 9.88. The maximum atomic E-state index is 13.3. The Bertz CT molecular complexity index is 987. The van der Waals surface area contributed by atoms with E-state index in [1.165, 1.54) is 17.0 Å². The Morgan fingerprint density at radius 2 is 1.88 bits per heavy atom. The van der Waals surface area contributed by atoms with Gasteiger partial charge in [0.25, 0.3) is 5.91 Å². The number of nitrogens with zero attached hydrogens (tertiary/aromatic N) is 2. The predicted octanol–water partition coefficient (Wildman–Crippen LogP) is 4.59. The van der Waals surface area contributed by atoms with Gasteiger partial charge < -0.3 is 10.2 Å². The number of carbonyl (C=O) groups is 2. The topological polar surface area (TPSA) is 61.8 Å². The van der Waals surface area contributed by atoms with Crippen LogP contribution in [0, 0.1) is 5.92 Å². The molecule has 1 spiro atoms. The van der Waals surface area contributed by atoms with Crippen molar-refractivity contribution >= 4 is 17.5 Å². The number of benzene rings is 1. The third-order valence-corrected chi connectivity index (χ3v) is 6.29. The molecular formula is C24H26F3N3O2. The highest BCUT2D eigenvalue weighted by atomic mass is 19.4. The molecule has 1 aromatic carbocycles. The van der Waals surface area contributed by atoms with E-state index < -0.39 is 23.3 Å². The van der Waals surface area contributed by atoms with Crippen molar-refractivity contribution in [2.45, 2.75) is 57.3 Å². The van der Waals surface area contributed by atoms with Gasteiger partial charge in [-0.2, -0.15) is 13.2 Å². The van der Waals surface area contributed by atoms with Gasteiger partial charge in [0, 0.05) is 11.3 Å². The summed E-state index contributed by atoms with van der Waals surface area (Å²) in [5.41, 5.74) is -0.316. The van der Waals surface area contributed by atoms with Crippen molar-refractivity contribution in [3.8, 4) is 0 Å². The van der Waals surface area contributed by atoms with Crippen LogP contribution in [-0.4, -0.2) is 34.6 Å². The molecule has 0 bridgehead atoms. The average Bonchev–Trinajstić information content (AvgIpc) is 3.00. The van der Waals surface area contributed by atoms with Crippen molar-refractivity contribution in [2.75, 3.05) is 6.54 Å². The fraction of sp³-hybridized carbons (Fsp3) is 0.458. The Hall–Kier alpha value is -2.90. The Balaban J connectivity index is 1.56. The molecule has 3 aliphatic rings. The third-order valence-electron chi connectivity index (χ3n) is 6.29. The maximum absolute atomic E-state index is 13.3. The lowest BCUT2D eigenvalue weighted by Gasteiger charge is -2.38. The number of carbonyl (C=O) groups excluding carboxylic acids is 2. The van der Waals surface area contributed by atoms with E-state index >= 15 is 0 Å². The monoisotopic (exact) mass is 445 g/mol. The molecule has 0 radical (unpaired) electrons. The van der Waals surface area contributed by atoms with Crippen LogP contribution < -0.4 is 5.32 Å². The Morgan fingerprint density at radius 3 is 2.50 bits per heavy atom. The highest BCUT2D eigenvalue weighted by Gasteiger charge is 2.48. The number of hydrogen-bond acceptors (Lipinski definition) is 3. The molecule has 1 fully saturated rings. The van der Waals surface area contributed by atoms with Gasteiger partial charge in [-0.1, -0.05) is 37.6 Å². The van der Waals surface area contributed by atoms with Crippen LogP contribution in [-0.2, 0) is 15.8 Å². The molecule has 0 aromatic heterocycles. The summed E-state index contributed by atoms with van der Waals surface area (Å²) >= 11 is 0. The quantitative estimate of drug-likeness (QED) is 0.737. The van der Waals surface area contributed by atoms with E-state index in [-0.39, 0.29) is 18.2 Å². The van der Waals surface area contributed by atoms with Crippen LogP contribution in [0.25, 0.3) is 0 Å². The fourth-order valence-corrected chi connectivity index (χ4v) is 4.66. The van der Waals surface area contributed by atoms with Gasteiger partial charge in [0.2, 0.25) is 5.91 Å². The summed E-state index contributed by atoms with van der Waals surface area (Å²) in [5.74, 6) is -0.378. The third kappa shape index (κ3) is 4.49. The minimum atomic E-state index is -4.45. The normalized spacial score (nSPS) is 22.7. The zero-order valence-electron chi connectivity index (χ0n) is 17.9. The number of amides is 2. The van der Waals surface area contributed by atoms with Crippen LogP contribution in [0.5, 0.6) is 0 Å². The first-order valence-corrected chi connectivity index (χ1v) is 10.9. The number of halogens is 3. The van der Waals surface area contributed by atoms with E-state index in [0.717, 1.165) is 37.1 Å². The first-order chi connectivity index (χ1) is 15.2. The zero-order chi connectivity index (χ0) is 22.9. The minimum Gasteiger partial charge on any atom is -0.328 e. The number of aliphatic imine (C=N–C) groups is 1. The molecule has 1 aromatic rings. The molecule has 8 heteroatoms. The molecule has 2 amide bonds. The molecule has 2 aliphatic carbocycles. The minimum absolute atomic E-state index is 0.127. The SMILES string of the molecule is CC1C=CC=C(NC(=O)CN2C(=O)C(c3ccc(C(F)(F)F)cc3)=NC23CCCCC3)C1. The van der Waals surface area contributed by atoms with Crippen LogP contribution in [0.4, 0.5) is 13.2 Å². The van der Waals surface area contributed by atoms with Crippen molar-refractivity contribution in [1.82, 2.24) is 10.2 Å². The summed E-state index contributed by atoms with van der Waals surface area (Å²) in [6, 6.07) is 4.47. The van der Waals surface area contributed by atoms with Crippen LogP contribution in [0.2, 0.25) is 0 Å². The highest BCUT2D eigenvalue weighted by molar-refractivity contribution is 6.47. The second-order valence-electron chi connectivity index (χ2n) is 8.78. The smallest absolute Gasteiger partial charge is 0.328 e. The number of hydrogen-bond donors (Lipinski definition) is 1. The Morgan fingerprint density at radius 1 is 1.19 bits per heavy atom. The van der Waals surface area contributed by atoms with Crippen LogP contribution in [0.1, 0.15) is 56.6 Å². The molecule has 5 nitrogen and oxygen atoms in total. The zero-order valence-corrected chi connectivity index (χ0v) is 17.9. The first kappa shape index (κ1) is 22.3. The second kappa shape index (κ2) is 8.56.